The molecule has 11 nitrogen and oxygen atoms in total. The minimum Gasteiger partial charge on any atom is -0.478 e. The third-order valence-corrected chi connectivity index (χ3v) is 11.6. The average Bonchev–Trinajstić information content (AvgIpc) is 3.41. The van der Waals surface area contributed by atoms with Crippen molar-refractivity contribution in [3.63, 3.8) is 0 Å². The summed E-state index contributed by atoms with van der Waals surface area (Å²) in [5.74, 6) is -1.55. The van der Waals surface area contributed by atoms with Gasteiger partial charge >= 0.3 is 18.0 Å². The molecule has 4 saturated carbocycles. The molecule has 0 aliphatic heterocycles. The Morgan fingerprint density at radius 1 is 0.857 bits per heavy atom. The number of hydrogen-bond donors (Lipinski definition) is 2. The normalized spacial score (nSPS) is 25.7. The lowest BCUT2D eigenvalue weighted by Gasteiger charge is -2.69. The lowest BCUT2D eigenvalue weighted by Crippen LogP contribution is -2.64. The second-order valence-electron chi connectivity index (χ2n) is 19.6. The van der Waals surface area contributed by atoms with Crippen LogP contribution in [0.25, 0.3) is 33.2 Å². The molecule has 4 bridgehead atoms. The standard InChI is InChI=1S/C45H56N4O7/c1-28-34(31-15-16-35(48-36(31)38(52)55-40(2,3)4)30-14-13-29-11-10-12-32(37(50)51)33(29)19-30)20-47-49(28)27-44-22-42(8)21-43(9,23-44)25-45(24-42,26-44)54-18-17-46-39(53)56-41(5,6)7/h10-16,19-20H,17-18,21-27H2,1-9H3,(H,46,53)(H,50,51). The van der Waals surface area contributed by atoms with Crippen molar-refractivity contribution in [2.24, 2.45) is 16.2 Å². The minimum atomic E-state index is -1.01. The number of fused-ring (bicyclic) bond motifs is 1. The topological polar surface area (TPSA) is 142 Å². The smallest absolute Gasteiger partial charge is 0.407 e. The van der Waals surface area contributed by atoms with E-state index in [1.807, 2.05) is 91.1 Å². The van der Waals surface area contributed by atoms with Crippen LogP contribution < -0.4 is 5.32 Å². The van der Waals surface area contributed by atoms with Gasteiger partial charge in [0.1, 0.15) is 11.2 Å². The molecule has 4 fully saturated rings. The number of carboxylic acids is 1. The summed E-state index contributed by atoms with van der Waals surface area (Å²) < 4.78 is 20.2. The van der Waals surface area contributed by atoms with E-state index in [0.717, 1.165) is 55.3 Å². The summed E-state index contributed by atoms with van der Waals surface area (Å²) in [4.78, 5) is 43.1. The summed E-state index contributed by atoms with van der Waals surface area (Å²) >= 11 is 0. The molecule has 56 heavy (non-hydrogen) atoms. The molecule has 0 spiro atoms. The molecular weight excluding hydrogens is 709 g/mol. The quantitative estimate of drug-likeness (QED) is 0.119. The SMILES string of the molecule is Cc1c(-c2ccc(-c3ccc4cccc(C(=O)O)c4c3)nc2C(=O)OC(C)(C)C)cnn1CC12CC3(C)CC(C)(C1)CC(OCCNC(=O)OC(C)(C)C)(C3)C2. The summed E-state index contributed by atoms with van der Waals surface area (Å²) in [6.45, 7) is 19.4. The third-order valence-electron chi connectivity index (χ3n) is 11.6. The van der Waals surface area contributed by atoms with E-state index < -0.39 is 29.2 Å². The van der Waals surface area contributed by atoms with Crippen molar-refractivity contribution in [2.45, 2.75) is 124 Å². The molecule has 4 aliphatic rings. The number of pyridine rings is 1. The Hall–Kier alpha value is -4.77. The van der Waals surface area contributed by atoms with E-state index in [4.69, 9.17) is 24.3 Å². The molecule has 4 aromatic rings. The predicted octanol–water partition coefficient (Wildman–Crippen LogP) is 9.39. The molecular formula is C45H56N4O7. The molecule has 2 N–H and O–H groups in total. The number of carbonyl (C=O) groups is 3. The van der Waals surface area contributed by atoms with E-state index in [2.05, 4.69) is 23.8 Å². The molecule has 0 radical (unpaired) electrons. The van der Waals surface area contributed by atoms with Gasteiger partial charge in [-0.15, -0.1) is 0 Å². The molecule has 2 aromatic heterocycles. The zero-order valence-corrected chi connectivity index (χ0v) is 34.3. The molecule has 298 valence electrons. The maximum absolute atomic E-state index is 13.9. The van der Waals surface area contributed by atoms with Crippen LogP contribution in [0, 0.1) is 23.2 Å². The average molecular weight is 765 g/mol. The van der Waals surface area contributed by atoms with Gasteiger partial charge in [0.2, 0.25) is 0 Å². The highest BCUT2D eigenvalue weighted by Crippen LogP contribution is 2.72. The summed E-state index contributed by atoms with van der Waals surface area (Å²) in [7, 11) is 0. The molecule has 8 rings (SSSR count). The predicted molar refractivity (Wildman–Crippen MR) is 215 cm³/mol. The first-order valence-electron chi connectivity index (χ1n) is 19.7. The zero-order valence-electron chi connectivity index (χ0n) is 34.3. The van der Waals surface area contributed by atoms with Crippen LogP contribution in [-0.2, 0) is 20.8 Å². The monoisotopic (exact) mass is 764 g/mol. The minimum absolute atomic E-state index is 0.0358. The van der Waals surface area contributed by atoms with Crippen LogP contribution in [0.3, 0.4) is 0 Å². The van der Waals surface area contributed by atoms with Crippen LogP contribution in [0.4, 0.5) is 4.79 Å². The number of alkyl carbamates (subject to hydrolysis) is 1. The number of nitrogens with zero attached hydrogens (tertiary/aromatic N) is 3. The van der Waals surface area contributed by atoms with Gasteiger partial charge in [0.05, 0.1) is 29.7 Å². The number of amides is 1. The zero-order chi connectivity index (χ0) is 40.5. The fraction of sp³-hybridized carbons (Fsp3) is 0.533. The molecule has 2 aromatic carbocycles. The Labute approximate surface area is 329 Å². The van der Waals surface area contributed by atoms with Crippen molar-refractivity contribution in [2.75, 3.05) is 13.2 Å². The molecule has 0 saturated heterocycles. The van der Waals surface area contributed by atoms with Crippen LogP contribution in [0.5, 0.6) is 0 Å². The number of hydrogen-bond acceptors (Lipinski definition) is 8. The summed E-state index contributed by atoms with van der Waals surface area (Å²) in [6, 6.07) is 14.5. The van der Waals surface area contributed by atoms with Crippen molar-refractivity contribution < 1.29 is 33.7 Å². The molecule has 2 atom stereocenters. The van der Waals surface area contributed by atoms with Gasteiger partial charge in [-0.1, -0.05) is 38.1 Å². The summed E-state index contributed by atoms with van der Waals surface area (Å²) in [6.07, 6.45) is 7.64. The van der Waals surface area contributed by atoms with Crippen LogP contribution in [0.15, 0.2) is 54.7 Å². The van der Waals surface area contributed by atoms with Crippen LogP contribution in [0.1, 0.15) is 120 Å². The van der Waals surface area contributed by atoms with Gasteiger partial charge < -0.3 is 24.6 Å². The van der Waals surface area contributed by atoms with Gasteiger partial charge in [0, 0.05) is 35.5 Å². The van der Waals surface area contributed by atoms with Crippen molar-refractivity contribution in [3.05, 3.63) is 71.7 Å². The number of nitrogens with one attached hydrogen (secondary N) is 1. The largest absolute Gasteiger partial charge is 0.478 e. The molecule has 1 amide bonds. The lowest BCUT2D eigenvalue weighted by molar-refractivity contribution is -0.247. The number of carbonyl (C=O) groups excluding carboxylic acids is 2. The fourth-order valence-corrected chi connectivity index (χ4v) is 11.0. The van der Waals surface area contributed by atoms with Gasteiger partial charge in [0.25, 0.3) is 0 Å². The number of carboxylic acid groups (broad SMARTS) is 1. The Balaban J connectivity index is 1.18. The van der Waals surface area contributed by atoms with Crippen LogP contribution >= 0.6 is 0 Å². The summed E-state index contributed by atoms with van der Waals surface area (Å²) in [5, 5.41) is 19.1. The third kappa shape index (κ3) is 8.06. The van der Waals surface area contributed by atoms with E-state index in [-0.39, 0.29) is 33.1 Å². The Morgan fingerprint density at radius 2 is 1.55 bits per heavy atom. The number of aromatic carboxylic acids is 1. The van der Waals surface area contributed by atoms with Crippen LogP contribution in [0.2, 0.25) is 0 Å². The number of esters is 1. The van der Waals surface area contributed by atoms with Crippen molar-refractivity contribution >= 4 is 28.8 Å². The van der Waals surface area contributed by atoms with Gasteiger partial charge in [-0.25, -0.2) is 19.4 Å². The lowest BCUT2D eigenvalue weighted by atomic mass is 9.39. The fourth-order valence-electron chi connectivity index (χ4n) is 11.0. The van der Waals surface area contributed by atoms with Crippen molar-refractivity contribution in [3.8, 4) is 22.4 Å². The second-order valence-corrected chi connectivity index (χ2v) is 19.6. The maximum atomic E-state index is 13.9. The van der Waals surface area contributed by atoms with Gasteiger partial charge in [-0.2, -0.15) is 5.10 Å². The molecule has 2 heterocycles. The second kappa shape index (κ2) is 13.7. The highest BCUT2D eigenvalue weighted by atomic mass is 16.6. The van der Waals surface area contributed by atoms with Crippen molar-refractivity contribution in [1.82, 2.24) is 20.1 Å². The van der Waals surface area contributed by atoms with Crippen molar-refractivity contribution in [1.29, 1.82) is 0 Å². The molecule has 2 unspecified atom stereocenters. The number of aromatic nitrogens is 3. The number of rotatable bonds is 10. The van der Waals surface area contributed by atoms with E-state index in [1.54, 1.807) is 12.1 Å². The van der Waals surface area contributed by atoms with Gasteiger partial charge in [0.15, 0.2) is 5.69 Å². The first kappa shape index (κ1) is 39.5. The van der Waals surface area contributed by atoms with Crippen LogP contribution in [-0.4, -0.2) is 67.9 Å². The Morgan fingerprint density at radius 3 is 2.21 bits per heavy atom. The highest BCUT2D eigenvalue weighted by molar-refractivity contribution is 6.05. The van der Waals surface area contributed by atoms with Gasteiger partial charge in [-0.05, 0) is 138 Å². The number of ether oxygens (including phenoxy) is 3. The van der Waals surface area contributed by atoms with Gasteiger partial charge in [-0.3, -0.25) is 4.68 Å². The summed E-state index contributed by atoms with van der Waals surface area (Å²) in [5.41, 5.74) is 2.59. The number of benzene rings is 2. The maximum Gasteiger partial charge on any atom is 0.407 e. The molecule has 11 heteroatoms. The first-order chi connectivity index (χ1) is 26.1. The van der Waals surface area contributed by atoms with E-state index >= 15 is 0 Å². The Kier molecular flexibility index (Phi) is 9.66. The van der Waals surface area contributed by atoms with E-state index in [1.165, 1.54) is 6.42 Å². The Bertz CT molecular complexity index is 2190. The first-order valence-corrected chi connectivity index (χ1v) is 19.7. The molecule has 4 aliphatic carbocycles. The van der Waals surface area contributed by atoms with E-state index in [0.29, 0.717) is 35.4 Å². The van der Waals surface area contributed by atoms with E-state index in [9.17, 15) is 19.5 Å². The highest BCUT2D eigenvalue weighted by Gasteiger charge is 2.66.